The predicted molar refractivity (Wildman–Crippen MR) is 287 cm³/mol. The number of benzene rings is 6. The SMILES string of the molecule is Cc1cc2c3c(c1)N(c1ccc(C(C)(C)C)cc1)c1sc4cc5c(cc4c1B3c1cc3c(cc1N2c1ccc(C(C)(C)C)cc1-c1ccccc1)C(C)(C)CCC3(C)C)C1(C)CCC5(C)C1. The molecule has 0 saturated heterocycles. The maximum absolute atomic E-state index is 2.72. The molecule has 2 nitrogen and oxygen atoms in total. The van der Waals surface area contributed by atoms with E-state index in [4.69, 9.17) is 0 Å². The van der Waals surface area contributed by atoms with Gasteiger partial charge in [0.15, 0.2) is 0 Å². The van der Waals surface area contributed by atoms with Crippen LogP contribution < -0.4 is 26.2 Å². The van der Waals surface area contributed by atoms with E-state index in [9.17, 15) is 0 Å². The first-order valence-corrected chi connectivity index (χ1v) is 25.7. The number of anilines is 6. The van der Waals surface area contributed by atoms with Gasteiger partial charge < -0.3 is 9.80 Å². The van der Waals surface area contributed by atoms with Gasteiger partial charge in [-0.15, -0.1) is 11.3 Å². The van der Waals surface area contributed by atoms with Crippen LogP contribution in [0.4, 0.5) is 33.4 Å². The molecule has 2 atom stereocenters. The van der Waals surface area contributed by atoms with E-state index in [2.05, 4.69) is 209 Å². The highest BCUT2D eigenvalue weighted by molar-refractivity contribution is 7.26. The molecule has 2 aliphatic heterocycles. The smallest absolute Gasteiger partial charge is 0.254 e. The molecule has 2 unspecified atom stereocenters. The molecule has 1 saturated carbocycles. The number of fused-ring (bicyclic) bond motifs is 12. The van der Waals surface area contributed by atoms with Crippen LogP contribution in [-0.4, -0.2) is 6.71 Å². The topological polar surface area (TPSA) is 6.48 Å². The van der Waals surface area contributed by atoms with E-state index in [1.165, 1.54) is 131 Å². The van der Waals surface area contributed by atoms with Crippen molar-refractivity contribution in [2.75, 3.05) is 9.80 Å². The molecule has 1 fully saturated rings. The minimum absolute atomic E-state index is 0.00223. The van der Waals surface area contributed by atoms with Crippen molar-refractivity contribution in [3.63, 3.8) is 0 Å². The quantitative estimate of drug-likeness (QED) is 0.163. The summed E-state index contributed by atoms with van der Waals surface area (Å²) in [4.78, 5) is 5.39. The summed E-state index contributed by atoms with van der Waals surface area (Å²) in [6.07, 6.45) is 6.20. The van der Waals surface area contributed by atoms with Gasteiger partial charge in [-0.05, 0) is 192 Å². The van der Waals surface area contributed by atoms with Crippen LogP contribution in [0.25, 0.3) is 21.2 Å². The second kappa shape index (κ2) is 13.6. The Kier molecular flexibility index (Phi) is 8.69. The largest absolute Gasteiger partial charge is 0.311 e. The van der Waals surface area contributed by atoms with Crippen LogP contribution in [-0.2, 0) is 32.5 Å². The molecule has 12 rings (SSSR count). The van der Waals surface area contributed by atoms with Gasteiger partial charge in [-0.1, -0.05) is 138 Å². The van der Waals surface area contributed by atoms with E-state index < -0.39 is 0 Å². The average Bonchev–Trinajstić information content (AvgIpc) is 3.87. The third kappa shape index (κ3) is 5.98. The molecule has 0 N–H and O–H groups in total. The van der Waals surface area contributed by atoms with Crippen LogP contribution in [0.5, 0.6) is 0 Å². The molecular formula is C62H67BN2S. The van der Waals surface area contributed by atoms with Crippen molar-refractivity contribution in [2.24, 2.45) is 0 Å². The normalized spacial score (nSPS) is 22.0. The Morgan fingerprint density at radius 3 is 1.76 bits per heavy atom. The van der Waals surface area contributed by atoms with E-state index in [0.29, 0.717) is 0 Å². The van der Waals surface area contributed by atoms with E-state index >= 15 is 0 Å². The van der Waals surface area contributed by atoms with Crippen LogP contribution in [0.2, 0.25) is 0 Å². The van der Waals surface area contributed by atoms with Gasteiger partial charge in [-0.2, -0.15) is 0 Å². The number of aryl methyl sites for hydroxylation is 1. The molecule has 5 aliphatic rings. The van der Waals surface area contributed by atoms with Crippen molar-refractivity contribution in [1.29, 1.82) is 0 Å². The summed E-state index contributed by atoms with van der Waals surface area (Å²) in [7, 11) is 0. The zero-order chi connectivity index (χ0) is 46.2. The monoisotopic (exact) mass is 883 g/mol. The first-order chi connectivity index (χ1) is 31.1. The number of nitrogens with zero attached hydrogens (tertiary/aromatic N) is 2. The van der Waals surface area contributed by atoms with Gasteiger partial charge in [-0.3, -0.25) is 0 Å². The maximum atomic E-state index is 2.72. The summed E-state index contributed by atoms with van der Waals surface area (Å²) in [6, 6.07) is 43.9. The fourth-order valence-electron chi connectivity index (χ4n) is 13.5. The summed E-state index contributed by atoms with van der Waals surface area (Å²) in [5.74, 6) is 0. The lowest BCUT2D eigenvalue weighted by Crippen LogP contribution is -2.61. The van der Waals surface area contributed by atoms with E-state index in [1.807, 2.05) is 11.3 Å². The van der Waals surface area contributed by atoms with Crippen molar-refractivity contribution in [2.45, 2.75) is 155 Å². The number of rotatable bonds is 3. The predicted octanol–water partition coefficient (Wildman–Crippen LogP) is 15.6. The molecule has 66 heavy (non-hydrogen) atoms. The van der Waals surface area contributed by atoms with Gasteiger partial charge in [0, 0.05) is 33.0 Å². The van der Waals surface area contributed by atoms with Gasteiger partial charge in [0.05, 0.1) is 10.7 Å². The van der Waals surface area contributed by atoms with E-state index in [-0.39, 0.29) is 39.2 Å². The van der Waals surface area contributed by atoms with E-state index in [1.54, 1.807) is 11.1 Å². The fourth-order valence-corrected chi connectivity index (χ4v) is 14.8. The first-order valence-electron chi connectivity index (χ1n) is 24.9. The molecule has 4 heteroatoms. The lowest BCUT2D eigenvalue weighted by Gasteiger charge is -2.47. The highest BCUT2D eigenvalue weighted by Crippen LogP contribution is 2.62. The van der Waals surface area contributed by atoms with E-state index in [0.717, 1.165) is 0 Å². The summed E-state index contributed by atoms with van der Waals surface area (Å²) in [5, 5.41) is 2.84. The molecular weight excluding hydrogens is 816 g/mol. The molecule has 6 aromatic carbocycles. The summed E-state index contributed by atoms with van der Waals surface area (Å²) in [6.45, 7) is 31.5. The summed E-state index contributed by atoms with van der Waals surface area (Å²) >= 11 is 2.04. The second-order valence-electron chi connectivity index (χ2n) is 25.2. The Bertz CT molecular complexity index is 3190. The molecule has 3 heterocycles. The van der Waals surface area contributed by atoms with Crippen LogP contribution in [0, 0.1) is 6.92 Å². The Labute approximate surface area is 399 Å². The number of hydrogen-bond donors (Lipinski definition) is 0. The minimum atomic E-state index is -0.00223. The molecule has 0 radical (unpaired) electrons. The Hall–Kier alpha value is -5.06. The van der Waals surface area contributed by atoms with Crippen LogP contribution in [0.3, 0.4) is 0 Å². The van der Waals surface area contributed by atoms with Crippen LogP contribution >= 0.6 is 11.3 Å². The zero-order valence-corrected chi connectivity index (χ0v) is 42.6. The molecule has 0 amide bonds. The fraction of sp³-hybridized carbons (Fsp3) is 0.387. The van der Waals surface area contributed by atoms with Crippen molar-refractivity contribution in [1.82, 2.24) is 0 Å². The van der Waals surface area contributed by atoms with Gasteiger partial charge in [-0.25, -0.2) is 0 Å². The van der Waals surface area contributed by atoms with Crippen molar-refractivity contribution in [3.8, 4) is 11.1 Å². The van der Waals surface area contributed by atoms with Crippen molar-refractivity contribution >= 4 is 78.0 Å². The molecule has 0 spiro atoms. The Morgan fingerprint density at radius 1 is 0.530 bits per heavy atom. The van der Waals surface area contributed by atoms with Gasteiger partial charge in [0.1, 0.15) is 0 Å². The van der Waals surface area contributed by atoms with Crippen molar-refractivity contribution in [3.05, 3.63) is 148 Å². The Balaban J connectivity index is 1.22. The standard InChI is InChI=1S/C62H67BN2S/c1-37-29-51-55-52(30-37)65(49-24-21-40(58(5,6)7)31-42(49)38-17-15-14-16-18-38)50-34-45-44(59(8,9)25-26-60(45,10)11)33-48(50)63(55)54-43-32-46-47(62(13)28-27-61(46,12)36-62)35-53(43)66-56(54)64(51)41-22-19-39(20-23-41)57(2,3)4/h14-24,29-35H,25-28,36H2,1-13H3. The Morgan fingerprint density at radius 2 is 1.12 bits per heavy atom. The average molecular weight is 883 g/mol. The van der Waals surface area contributed by atoms with Crippen molar-refractivity contribution < 1.29 is 0 Å². The second-order valence-corrected chi connectivity index (χ2v) is 26.2. The third-order valence-corrected chi connectivity index (χ3v) is 18.6. The molecule has 3 aliphatic carbocycles. The van der Waals surface area contributed by atoms with Crippen LogP contribution in [0.1, 0.15) is 154 Å². The third-order valence-electron chi connectivity index (χ3n) is 17.4. The van der Waals surface area contributed by atoms with Gasteiger partial charge >= 0.3 is 0 Å². The summed E-state index contributed by atoms with van der Waals surface area (Å²) in [5.41, 5.74) is 24.2. The number of thiophene rings is 1. The number of hydrogen-bond acceptors (Lipinski definition) is 3. The highest BCUT2D eigenvalue weighted by Gasteiger charge is 2.54. The van der Waals surface area contributed by atoms with Gasteiger partial charge in [0.25, 0.3) is 6.71 Å². The highest BCUT2D eigenvalue weighted by atomic mass is 32.1. The molecule has 334 valence electrons. The lowest BCUT2D eigenvalue weighted by atomic mass is 9.33. The minimum Gasteiger partial charge on any atom is -0.311 e. The molecule has 2 bridgehead atoms. The maximum Gasteiger partial charge on any atom is 0.254 e. The van der Waals surface area contributed by atoms with Gasteiger partial charge in [0.2, 0.25) is 0 Å². The first kappa shape index (κ1) is 42.3. The molecule has 7 aromatic rings. The zero-order valence-electron chi connectivity index (χ0n) is 41.8. The summed E-state index contributed by atoms with van der Waals surface area (Å²) < 4.78 is 1.44. The lowest BCUT2D eigenvalue weighted by molar-refractivity contribution is 0.332. The molecule has 1 aromatic heterocycles. The van der Waals surface area contributed by atoms with Crippen LogP contribution in [0.15, 0.2) is 109 Å².